The number of anilines is 2. The third-order valence-electron chi connectivity index (χ3n) is 2.57. The minimum atomic E-state index is 0.387. The van der Waals surface area contributed by atoms with Gasteiger partial charge in [-0.15, -0.1) is 0 Å². The Morgan fingerprint density at radius 3 is 1.94 bits per heavy atom. The molecule has 2 N–H and O–H groups in total. The highest BCUT2D eigenvalue weighted by atomic mass is 15.0. The van der Waals surface area contributed by atoms with Gasteiger partial charge in [-0.05, 0) is 31.2 Å². The lowest BCUT2D eigenvalue weighted by molar-refractivity contribution is 0.836. The number of rotatable bonds is 5. The fraction of sp³-hybridized carbons (Fsp3) is 0.200. The first-order chi connectivity index (χ1) is 8.34. The van der Waals surface area contributed by atoms with E-state index in [2.05, 4.69) is 41.8 Å². The summed E-state index contributed by atoms with van der Waals surface area (Å²) in [4.78, 5) is 0. The Hall–Kier alpha value is -1.96. The van der Waals surface area contributed by atoms with Gasteiger partial charge in [-0.1, -0.05) is 36.4 Å². The van der Waals surface area contributed by atoms with Gasteiger partial charge in [-0.25, -0.2) is 0 Å². The van der Waals surface area contributed by atoms with E-state index in [0.29, 0.717) is 6.04 Å². The highest BCUT2D eigenvalue weighted by Crippen LogP contribution is 2.08. The van der Waals surface area contributed by atoms with Gasteiger partial charge < -0.3 is 10.6 Å². The number of benzene rings is 2. The van der Waals surface area contributed by atoms with Crippen molar-refractivity contribution in [3.05, 3.63) is 60.7 Å². The van der Waals surface area contributed by atoms with Crippen LogP contribution in [0.3, 0.4) is 0 Å². The largest absolute Gasteiger partial charge is 0.383 e. The number of para-hydroxylation sites is 2. The molecule has 2 aromatic rings. The molecule has 2 rings (SSSR count). The fourth-order valence-electron chi connectivity index (χ4n) is 1.70. The molecule has 2 heteroatoms. The van der Waals surface area contributed by atoms with Crippen molar-refractivity contribution in [1.82, 2.24) is 0 Å². The van der Waals surface area contributed by atoms with Gasteiger partial charge in [-0.3, -0.25) is 0 Å². The number of hydrogen-bond acceptors (Lipinski definition) is 2. The van der Waals surface area contributed by atoms with Crippen molar-refractivity contribution >= 4 is 11.4 Å². The molecule has 0 aliphatic heterocycles. The van der Waals surface area contributed by atoms with Gasteiger partial charge in [0, 0.05) is 24.0 Å². The van der Waals surface area contributed by atoms with Crippen molar-refractivity contribution in [3.63, 3.8) is 0 Å². The van der Waals surface area contributed by atoms with E-state index in [4.69, 9.17) is 0 Å². The summed E-state index contributed by atoms with van der Waals surface area (Å²) >= 11 is 0. The average molecular weight is 226 g/mol. The third kappa shape index (κ3) is 3.83. The van der Waals surface area contributed by atoms with Crippen molar-refractivity contribution in [2.75, 3.05) is 17.2 Å². The summed E-state index contributed by atoms with van der Waals surface area (Å²) in [5.74, 6) is 0. The number of nitrogens with one attached hydrogen (secondary N) is 2. The minimum Gasteiger partial charge on any atom is -0.383 e. The second-order valence-corrected chi connectivity index (χ2v) is 4.16. The molecule has 2 nitrogen and oxygen atoms in total. The van der Waals surface area contributed by atoms with E-state index in [-0.39, 0.29) is 0 Å². The monoisotopic (exact) mass is 226 g/mol. The minimum absolute atomic E-state index is 0.387. The zero-order chi connectivity index (χ0) is 11.9. The number of hydrogen-bond donors (Lipinski definition) is 2. The second-order valence-electron chi connectivity index (χ2n) is 4.16. The van der Waals surface area contributed by atoms with E-state index in [1.54, 1.807) is 0 Å². The van der Waals surface area contributed by atoms with E-state index < -0.39 is 0 Å². The third-order valence-corrected chi connectivity index (χ3v) is 2.57. The van der Waals surface area contributed by atoms with Gasteiger partial charge in [-0.2, -0.15) is 0 Å². The molecule has 0 aliphatic carbocycles. The van der Waals surface area contributed by atoms with Gasteiger partial charge in [0.05, 0.1) is 0 Å². The molecular weight excluding hydrogens is 208 g/mol. The molecule has 88 valence electrons. The van der Waals surface area contributed by atoms with Crippen LogP contribution in [0.2, 0.25) is 0 Å². The van der Waals surface area contributed by atoms with Crippen LogP contribution in [0.25, 0.3) is 0 Å². The summed E-state index contributed by atoms with van der Waals surface area (Å²) in [6, 6.07) is 20.9. The van der Waals surface area contributed by atoms with E-state index in [0.717, 1.165) is 17.9 Å². The first-order valence-corrected chi connectivity index (χ1v) is 5.95. The maximum atomic E-state index is 3.45. The van der Waals surface area contributed by atoms with Crippen LogP contribution in [0.4, 0.5) is 11.4 Å². The lowest BCUT2D eigenvalue weighted by atomic mass is 10.2. The molecule has 0 bridgehead atoms. The van der Waals surface area contributed by atoms with Crippen molar-refractivity contribution in [3.8, 4) is 0 Å². The standard InChI is InChI=1S/C15H18N2/c1-13(17-15-10-6-3-7-11-15)12-16-14-8-4-2-5-9-14/h2-11,13,16-17H,12H2,1H3. The summed E-state index contributed by atoms with van der Waals surface area (Å²) in [7, 11) is 0. The molecule has 0 aliphatic rings. The zero-order valence-electron chi connectivity index (χ0n) is 10.1. The molecule has 0 spiro atoms. The summed E-state index contributed by atoms with van der Waals surface area (Å²) in [6.07, 6.45) is 0. The quantitative estimate of drug-likeness (QED) is 0.814. The van der Waals surface area contributed by atoms with E-state index in [1.165, 1.54) is 0 Å². The molecule has 0 heterocycles. The first kappa shape index (κ1) is 11.5. The van der Waals surface area contributed by atoms with Gasteiger partial charge in [0.25, 0.3) is 0 Å². The SMILES string of the molecule is CC(CNc1ccccc1)Nc1ccccc1. The molecule has 1 unspecified atom stereocenters. The summed E-state index contributed by atoms with van der Waals surface area (Å²) in [5, 5.41) is 6.85. The topological polar surface area (TPSA) is 24.1 Å². The molecule has 17 heavy (non-hydrogen) atoms. The Morgan fingerprint density at radius 1 is 0.824 bits per heavy atom. The van der Waals surface area contributed by atoms with E-state index in [9.17, 15) is 0 Å². The van der Waals surface area contributed by atoms with Crippen LogP contribution in [-0.2, 0) is 0 Å². The lowest BCUT2D eigenvalue weighted by Crippen LogP contribution is -2.24. The van der Waals surface area contributed by atoms with Crippen LogP contribution >= 0.6 is 0 Å². The molecule has 0 saturated heterocycles. The first-order valence-electron chi connectivity index (χ1n) is 5.95. The zero-order valence-corrected chi connectivity index (χ0v) is 10.1. The molecule has 0 aromatic heterocycles. The predicted octanol–water partition coefficient (Wildman–Crippen LogP) is 3.60. The average Bonchev–Trinajstić information content (AvgIpc) is 2.39. The Labute approximate surface area is 103 Å². The van der Waals surface area contributed by atoms with Crippen molar-refractivity contribution < 1.29 is 0 Å². The van der Waals surface area contributed by atoms with Crippen molar-refractivity contribution in [1.29, 1.82) is 0 Å². The fourth-order valence-corrected chi connectivity index (χ4v) is 1.70. The molecule has 0 amide bonds. The van der Waals surface area contributed by atoms with Gasteiger partial charge in [0.15, 0.2) is 0 Å². The maximum absolute atomic E-state index is 3.45. The molecular formula is C15H18N2. The van der Waals surface area contributed by atoms with Crippen LogP contribution in [0.1, 0.15) is 6.92 Å². The van der Waals surface area contributed by atoms with Gasteiger partial charge in [0.1, 0.15) is 0 Å². The Morgan fingerprint density at radius 2 is 1.35 bits per heavy atom. The van der Waals surface area contributed by atoms with Crippen LogP contribution in [-0.4, -0.2) is 12.6 Å². The van der Waals surface area contributed by atoms with Crippen LogP contribution < -0.4 is 10.6 Å². The summed E-state index contributed by atoms with van der Waals surface area (Å²) < 4.78 is 0. The van der Waals surface area contributed by atoms with Crippen molar-refractivity contribution in [2.24, 2.45) is 0 Å². The van der Waals surface area contributed by atoms with Gasteiger partial charge in [0.2, 0.25) is 0 Å². The molecule has 2 aromatic carbocycles. The van der Waals surface area contributed by atoms with E-state index in [1.807, 2.05) is 36.4 Å². The Kier molecular flexibility index (Phi) is 4.03. The predicted molar refractivity (Wildman–Crippen MR) is 74.5 cm³/mol. The molecule has 0 fully saturated rings. The van der Waals surface area contributed by atoms with Crippen LogP contribution in [0, 0.1) is 0 Å². The van der Waals surface area contributed by atoms with Crippen LogP contribution in [0.15, 0.2) is 60.7 Å². The molecule has 0 radical (unpaired) electrons. The normalized spacial score (nSPS) is 11.8. The highest BCUT2D eigenvalue weighted by Gasteiger charge is 2.00. The van der Waals surface area contributed by atoms with Gasteiger partial charge >= 0.3 is 0 Å². The van der Waals surface area contributed by atoms with E-state index >= 15 is 0 Å². The summed E-state index contributed by atoms with van der Waals surface area (Å²) in [5.41, 5.74) is 2.32. The Bertz CT molecular complexity index is 425. The Balaban J connectivity index is 1.80. The van der Waals surface area contributed by atoms with Crippen LogP contribution in [0.5, 0.6) is 0 Å². The molecule has 1 atom stereocenters. The summed E-state index contributed by atoms with van der Waals surface area (Å²) in [6.45, 7) is 3.07. The highest BCUT2D eigenvalue weighted by molar-refractivity contribution is 5.45. The van der Waals surface area contributed by atoms with Crippen molar-refractivity contribution in [2.45, 2.75) is 13.0 Å². The molecule has 0 saturated carbocycles. The smallest absolute Gasteiger partial charge is 0.0405 e. The maximum Gasteiger partial charge on any atom is 0.0405 e. The lowest BCUT2D eigenvalue weighted by Gasteiger charge is -2.16. The second kappa shape index (κ2) is 5.94.